The van der Waals surface area contributed by atoms with Gasteiger partial charge in [-0.2, -0.15) is 18.3 Å². The summed E-state index contributed by atoms with van der Waals surface area (Å²) in [7, 11) is 1.84. The summed E-state index contributed by atoms with van der Waals surface area (Å²) in [4.78, 5) is 14.7. The van der Waals surface area contributed by atoms with E-state index >= 15 is 0 Å². The zero-order chi connectivity index (χ0) is 21.9. The molecule has 2 heterocycles. The molecule has 1 saturated heterocycles. The van der Waals surface area contributed by atoms with E-state index < -0.39 is 11.7 Å². The third-order valence-corrected chi connectivity index (χ3v) is 5.60. The lowest BCUT2D eigenvalue weighted by Crippen LogP contribution is -2.44. The highest BCUT2D eigenvalue weighted by atomic mass is 19.4. The molecule has 0 bridgehead atoms. The predicted molar refractivity (Wildman–Crippen MR) is 106 cm³/mol. The summed E-state index contributed by atoms with van der Waals surface area (Å²) in [6, 6.07) is 4.94. The van der Waals surface area contributed by atoms with Crippen LogP contribution in [-0.4, -0.2) is 53.4 Å². The van der Waals surface area contributed by atoms with Crippen LogP contribution in [0.25, 0.3) is 0 Å². The summed E-state index contributed by atoms with van der Waals surface area (Å²) in [5.74, 6) is -0.139. The van der Waals surface area contributed by atoms with Crippen molar-refractivity contribution in [1.29, 1.82) is 0 Å². The second kappa shape index (κ2) is 9.18. The van der Waals surface area contributed by atoms with Crippen LogP contribution in [-0.2, 0) is 29.2 Å². The zero-order valence-corrected chi connectivity index (χ0v) is 17.4. The molecule has 6 nitrogen and oxygen atoms in total. The van der Waals surface area contributed by atoms with Crippen LogP contribution in [0.5, 0.6) is 0 Å². The van der Waals surface area contributed by atoms with Gasteiger partial charge in [0.05, 0.1) is 36.9 Å². The predicted octanol–water partition coefficient (Wildman–Crippen LogP) is 2.79. The Bertz CT molecular complexity index is 872. The van der Waals surface area contributed by atoms with Gasteiger partial charge in [-0.25, -0.2) is 0 Å². The Morgan fingerprint density at radius 1 is 1.20 bits per heavy atom. The van der Waals surface area contributed by atoms with E-state index in [1.165, 1.54) is 12.1 Å². The van der Waals surface area contributed by atoms with E-state index in [4.69, 9.17) is 4.74 Å². The van der Waals surface area contributed by atoms with Crippen molar-refractivity contribution in [1.82, 2.24) is 20.0 Å². The van der Waals surface area contributed by atoms with Crippen LogP contribution in [0.1, 0.15) is 34.1 Å². The monoisotopic (exact) mass is 424 g/mol. The van der Waals surface area contributed by atoms with Crippen molar-refractivity contribution < 1.29 is 22.7 Å². The topological polar surface area (TPSA) is 59.4 Å². The number of nitrogens with zero attached hydrogens (tertiary/aromatic N) is 3. The summed E-state index contributed by atoms with van der Waals surface area (Å²) in [6.07, 6.45) is -4.16. The number of nitrogens with one attached hydrogen (secondary N) is 1. The molecule has 9 heteroatoms. The van der Waals surface area contributed by atoms with Gasteiger partial charge in [0.15, 0.2) is 0 Å². The van der Waals surface area contributed by atoms with E-state index in [2.05, 4.69) is 15.3 Å². The maximum absolute atomic E-state index is 12.9. The van der Waals surface area contributed by atoms with Crippen LogP contribution in [0, 0.1) is 13.8 Å². The highest BCUT2D eigenvalue weighted by Crippen LogP contribution is 2.31. The average Bonchev–Trinajstić information content (AvgIpc) is 2.95. The number of carbonyl (C=O) groups excluding carboxylic acids is 1. The first kappa shape index (κ1) is 22.3. The Morgan fingerprint density at radius 3 is 2.37 bits per heavy atom. The molecule has 164 valence electrons. The molecule has 1 aromatic heterocycles. The maximum atomic E-state index is 12.9. The summed E-state index contributed by atoms with van der Waals surface area (Å²) < 4.78 is 45.9. The quantitative estimate of drug-likeness (QED) is 0.775. The Balaban J connectivity index is 1.72. The number of benzene rings is 1. The van der Waals surface area contributed by atoms with Crippen LogP contribution in [0.2, 0.25) is 0 Å². The minimum atomic E-state index is -4.37. The number of morpholine rings is 1. The molecule has 1 aliphatic rings. The Hall–Kier alpha value is -2.39. The highest BCUT2D eigenvalue weighted by Gasteiger charge is 2.31. The second-order valence-corrected chi connectivity index (χ2v) is 7.54. The van der Waals surface area contributed by atoms with E-state index in [0.717, 1.165) is 34.6 Å². The normalized spacial score (nSPS) is 16.5. The molecule has 2 aromatic rings. The minimum absolute atomic E-state index is 0.139. The van der Waals surface area contributed by atoms with Crippen molar-refractivity contribution in [2.24, 2.45) is 7.05 Å². The maximum Gasteiger partial charge on any atom is 0.416 e. The van der Waals surface area contributed by atoms with Crippen LogP contribution >= 0.6 is 0 Å². The van der Waals surface area contributed by atoms with Gasteiger partial charge < -0.3 is 10.1 Å². The molecule has 1 N–H and O–H groups in total. The van der Waals surface area contributed by atoms with E-state index in [-0.39, 0.29) is 18.4 Å². The first-order valence-corrected chi connectivity index (χ1v) is 9.91. The van der Waals surface area contributed by atoms with Gasteiger partial charge in [0.1, 0.15) is 0 Å². The fourth-order valence-electron chi connectivity index (χ4n) is 3.75. The Labute approximate surface area is 174 Å². The number of aromatic nitrogens is 2. The van der Waals surface area contributed by atoms with Gasteiger partial charge in [0.2, 0.25) is 5.91 Å². The third kappa shape index (κ3) is 5.20. The van der Waals surface area contributed by atoms with Crippen LogP contribution in [0.4, 0.5) is 13.2 Å². The number of carbonyl (C=O) groups is 1. The molecular formula is C21H27F3N4O2. The van der Waals surface area contributed by atoms with Crippen LogP contribution in [0.3, 0.4) is 0 Å². The zero-order valence-electron chi connectivity index (χ0n) is 17.4. The van der Waals surface area contributed by atoms with Crippen molar-refractivity contribution >= 4 is 5.91 Å². The molecule has 1 amide bonds. The van der Waals surface area contributed by atoms with Crippen LogP contribution in [0.15, 0.2) is 24.3 Å². The number of alkyl halides is 3. The van der Waals surface area contributed by atoms with Gasteiger partial charge >= 0.3 is 6.18 Å². The lowest BCUT2D eigenvalue weighted by atomic mass is 10.0. The second-order valence-electron chi connectivity index (χ2n) is 7.54. The third-order valence-electron chi connectivity index (χ3n) is 5.60. The summed E-state index contributed by atoms with van der Waals surface area (Å²) in [6.45, 7) is 6.52. The van der Waals surface area contributed by atoms with Crippen molar-refractivity contribution in [3.63, 3.8) is 0 Å². The van der Waals surface area contributed by atoms with Gasteiger partial charge in [-0.05, 0) is 31.5 Å². The molecule has 3 rings (SSSR count). The van der Waals surface area contributed by atoms with Gasteiger partial charge in [0.25, 0.3) is 0 Å². The van der Waals surface area contributed by atoms with Crippen molar-refractivity contribution in [3.8, 4) is 0 Å². The van der Waals surface area contributed by atoms with Gasteiger partial charge in [0, 0.05) is 37.9 Å². The molecule has 30 heavy (non-hydrogen) atoms. The summed E-state index contributed by atoms with van der Waals surface area (Å²) >= 11 is 0. The van der Waals surface area contributed by atoms with E-state index in [1.54, 1.807) is 4.68 Å². The Morgan fingerprint density at radius 2 is 1.83 bits per heavy atom. The summed E-state index contributed by atoms with van der Waals surface area (Å²) in [5, 5.41) is 7.29. The number of halogens is 3. The first-order chi connectivity index (χ1) is 14.2. The molecule has 1 aliphatic heterocycles. The van der Waals surface area contributed by atoms with Crippen molar-refractivity contribution in [2.45, 2.75) is 32.5 Å². The average molecular weight is 424 g/mol. The molecule has 0 radical (unpaired) electrons. The number of aryl methyl sites for hydroxylation is 2. The molecule has 0 saturated carbocycles. The molecule has 1 aromatic carbocycles. The van der Waals surface area contributed by atoms with E-state index in [9.17, 15) is 18.0 Å². The molecule has 1 fully saturated rings. The minimum Gasteiger partial charge on any atom is -0.379 e. The van der Waals surface area contributed by atoms with E-state index in [1.807, 2.05) is 20.9 Å². The lowest BCUT2D eigenvalue weighted by molar-refractivity contribution is -0.137. The lowest BCUT2D eigenvalue weighted by Gasteiger charge is -2.35. The van der Waals surface area contributed by atoms with Crippen molar-refractivity contribution in [3.05, 3.63) is 52.3 Å². The molecule has 1 unspecified atom stereocenters. The first-order valence-electron chi connectivity index (χ1n) is 9.91. The molecule has 0 aliphatic carbocycles. The molecule has 0 spiro atoms. The van der Waals surface area contributed by atoms with Crippen LogP contribution < -0.4 is 5.32 Å². The van der Waals surface area contributed by atoms with E-state index in [0.29, 0.717) is 32.8 Å². The number of amides is 1. The highest BCUT2D eigenvalue weighted by molar-refractivity contribution is 5.79. The number of rotatable bonds is 6. The molecule has 1 atom stereocenters. The van der Waals surface area contributed by atoms with Crippen molar-refractivity contribution in [2.75, 3.05) is 32.8 Å². The van der Waals surface area contributed by atoms with Gasteiger partial charge in [-0.15, -0.1) is 0 Å². The SMILES string of the molecule is Cc1nn(C)c(C)c1CC(=O)NCC(c1ccc(C(F)(F)F)cc1)N1CCOCC1. The van der Waals surface area contributed by atoms with Gasteiger partial charge in [-0.1, -0.05) is 12.1 Å². The molecular weight excluding hydrogens is 397 g/mol. The largest absolute Gasteiger partial charge is 0.416 e. The fraction of sp³-hybridized carbons (Fsp3) is 0.524. The standard InChI is InChI=1S/C21H27F3N4O2/c1-14-18(15(2)27(3)26-14)12-20(29)25-13-19(28-8-10-30-11-9-28)16-4-6-17(7-5-16)21(22,23)24/h4-7,19H,8-13H2,1-3H3,(H,25,29). The smallest absolute Gasteiger partial charge is 0.379 e. The summed E-state index contributed by atoms with van der Waals surface area (Å²) in [5.41, 5.74) is 2.71. The number of hydrogen-bond acceptors (Lipinski definition) is 4. The fourth-order valence-corrected chi connectivity index (χ4v) is 3.75. The number of ether oxygens (including phenoxy) is 1. The Kier molecular flexibility index (Phi) is 6.82. The van der Waals surface area contributed by atoms with Gasteiger partial charge in [-0.3, -0.25) is 14.4 Å². The number of hydrogen-bond donors (Lipinski definition) is 1.